The molecule has 2 aromatic heterocycles. The quantitative estimate of drug-likeness (QED) is 0.513. The Bertz CT molecular complexity index is 1270. The summed E-state index contributed by atoms with van der Waals surface area (Å²) in [6.45, 7) is 4.82. The zero-order chi connectivity index (χ0) is 21.3. The monoisotopic (exact) mass is 405 g/mol. The molecule has 0 spiro atoms. The van der Waals surface area contributed by atoms with Crippen LogP contribution in [0, 0.1) is 5.92 Å². The second-order valence-electron chi connectivity index (χ2n) is 7.54. The molecular formula is C22H23N5O3. The number of methoxy groups -OCH3 is 1. The van der Waals surface area contributed by atoms with Crippen LogP contribution in [0.25, 0.3) is 27.8 Å². The molecule has 8 nitrogen and oxygen atoms in total. The van der Waals surface area contributed by atoms with Gasteiger partial charge in [0.2, 0.25) is 0 Å². The fourth-order valence-corrected chi connectivity index (χ4v) is 3.29. The lowest BCUT2D eigenvalue weighted by molar-refractivity contribution is 0.0952. The van der Waals surface area contributed by atoms with Gasteiger partial charge in [0.25, 0.3) is 11.5 Å². The lowest BCUT2D eigenvalue weighted by Crippen LogP contribution is -2.25. The van der Waals surface area contributed by atoms with E-state index in [0.717, 1.165) is 17.7 Å². The Labute approximate surface area is 172 Å². The molecule has 2 N–H and O–H groups in total. The molecule has 8 heteroatoms. The van der Waals surface area contributed by atoms with Gasteiger partial charge in [-0.15, -0.1) is 0 Å². The van der Waals surface area contributed by atoms with E-state index in [2.05, 4.69) is 34.5 Å². The molecule has 2 aromatic carbocycles. The van der Waals surface area contributed by atoms with Crippen LogP contribution in [0.15, 0.2) is 47.3 Å². The van der Waals surface area contributed by atoms with Gasteiger partial charge in [0.15, 0.2) is 5.65 Å². The third kappa shape index (κ3) is 3.63. The van der Waals surface area contributed by atoms with E-state index in [-0.39, 0.29) is 11.5 Å². The Kier molecular flexibility index (Phi) is 5.22. The third-order valence-corrected chi connectivity index (χ3v) is 4.99. The standard InChI is InChI=1S/C22H23N5O3/c1-13(2)10-11-23-21(28)15-6-9-17-18(12-15)27-20(24-22(17)29)19(25-26-27)14-4-7-16(30-3)8-5-14/h4-9,12-13,26H,10-11H2,1-3H3,(H,23,28). The third-order valence-electron chi connectivity index (χ3n) is 4.99. The Morgan fingerprint density at radius 1 is 1.20 bits per heavy atom. The number of carbonyl (C=O) groups is 1. The van der Waals surface area contributed by atoms with Crippen molar-refractivity contribution in [3.05, 3.63) is 58.4 Å². The number of hydrogen-bond donors (Lipinski definition) is 2. The zero-order valence-corrected chi connectivity index (χ0v) is 17.1. The largest absolute Gasteiger partial charge is 0.497 e. The van der Waals surface area contributed by atoms with Gasteiger partial charge in [-0.25, -0.2) is 9.73 Å². The van der Waals surface area contributed by atoms with Crippen LogP contribution in [0.1, 0.15) is 30.6 Å². The minimum Gasteiger partial charge on any atom is -0.497 e. The summed E-state index contributed by atoms with van der Waals surface area (Å²) in [5.41, 5.74) is 2.40. The Morgan fingerprint density at radius 2 is 1.97 bits per heavy atom. The van der Waals surface area contributed by atoms with E-state index in [4.69, 9.17) is 4.74 Å². The maximum Gasteiger partial charge on any atom is 0.281 e. The predicted octanol–water partition coefficient (Wildman–Crippen LogP) is 3.02. The smallest absolute Gasteiger partial charge is 0.281 e. The van der Waals surface area contributed by atoms with Gasteiger partial charge in [-0.2, -0.15) is 10.1 Å². The molecule has 4 rings (SSSR count). The van der Waals surface area contributed by atoms with Crippen molar-refractivity contribution in [3.63, 3.8) is 0 Å². The lowest BCUT2D eigenvalue weighted by atomic mass is 10.1. The minimum absolute atomic E-state index is 0.176. The summed E-state index contributed by atoms with van der Waals surface area (Å²) < 4.78 is 6.82. The molecule has 0 bridgehead atoms. The number of nitrogens with one attached hydrogen (secondary N) is 2. The molecule has 30 heavy (non-hydrogen) atoms. The minimum atomic E-state index is -0.368. The van der Waals surface area contributed by atoms with Crippen molar-refractivity contribution >= 4 is 22.5 Å². The lowest BCUT2D eigenvalue weighted by Gasteiger charge is -2.08. The normalized spacial score (nSPS) is 11.3. The summed E-state index contributed by atoms with van der Waals surface area (Å²) in [7, 11) is 1.60. The van der Waals surface area contributed by atoms with Crippen molar-refractivity contribution in [1.82, 2.24) is 25.1 Å². The van der Waals surface area contributed by atoms with Gasteiger partial charge in [-0.1, -0.05) is 13.8 Å². The number of nitrogens with zero attached hydrogens (tertiary/aromatic N) is 3. The number of hydrogen-bond acceptors (Lipinski definition) is 5. The Morgan fingerprint density at radius 3 is 2.67 bits per heavy atom. The molecule has 0 radical (unpaired) electrons. The van der Waals surface area contributed by atoms with Crippen LogP contribution in [-0.2, 0) is 0 Å². The van der Waals surface area contributed by atoms with E-state index in [9.17, 15) is 9.59 Å². The van der Waals surface area contributed by atoms with Gasteiger partial charge in [0.05, 0.1) is 18.0 Å². The molecule has 1 amide bonds. The first-order valence-corrected chi connectivity index (χ1v) is 9.81. The second kappa shape index (κ2) is 7.98. The van der Waals surface area contributed by atoms with Crippen molar-refractivity contribution in [2.24, 2.45) is 5.92 Å². The number of aromatic amines is 1. The van der Waals surface area contributed by atoms with E-state index in [1.807, 2.05) is 24.3 Å². The molecular weight excluding hydrogens is 382 g/mol. The van der Waals surface area contributed by atoms with Crippen molar-refractivity contribution in [1.29, 1.82) is 0 Å². The molecule has 0 aliphatic rings. The van der Waals surface area contributed by atoms with Crippen LogP contribution in [0.4, 0.5) is 0 Å². The Balaban J connectivity index is 1.77. The highest BCUT2D eigenvalue weighted by molar-refractivity contribution is 5.98. The number of carbonyl (C=O) groups excluding carboxylic acids is 1. The summed E-state index contributed by atoms with van der Waals surface area (Å²) in [6.07, 6.45) is 0.902. The van der Waals surface area contributed by atoms with Crippen molar-refractivity contribution < 1.29 is 9.53 Å². The number of H-pyrrole nitrogens is 1. The average molecular weight is 405 g/mol. The molecule has 0 aliphatic carbocycles. The van der Waals surface area contributed by atoms with Gasteiger partial charge >= 0.3 is 0 Å². The molecule has 0 aliphatic heterocycles. The molecule has 0 saturated carbocycles. The van der Waals surface area contributed by atoms with Gasteiger partial charge in [0, 0.05) is 17.7 Å². The molecule has 0 atom stereocenters. The van der Waals surface area contributed by atoms with Crippen molar-refractivity contribution in [3.8, 4) is 17.0 Å². The highest BCUT2D eigenvalue weighted by atomic mass is 16.5. The van der Waals surface area contributed by atoms with Crippen LogP contribution in [0.2, 0.25) is 0 Å². The first-order chi connectivity index (χ1) is 14.5. The van der Waals surface area contributed by atoms with Crippen LogP contribution in [0.5, 0.6) is 5.75 Å². The maximum atomic E-state index is 12.6. The molecule has 0 unspecified atom stereocenters. The molecule has 0 fully saturated rings. The Hall–Kier alpha value is -3.68. The van der Waals surface area contributed by atoms with Crippen molar-refractivity contribution in [2.45, 2.75) is 20.3 Å². The first-order valence-electron chi connectivity index (χ1n) is 9.81. The van der Waals surface area contributed by atoms with Crippen LogP contribution >= 0.6 is 0 Å². The molecule has 2 heterocycles. The van der Waals surface area contributed by atoms with Gasteiger partial charge in [0.1, 0.15) is 11.4 Å². The van der Waals surface area contributed by atoms with Gasteiger partial charge in [-0.3, -0.25) is 9.59 Å². The van der Waals surface area contributed by atoms with E-state index < -0.39 is 0 Å². The summed E-state index contributed by atoms with van der Waals surface area (Å²) in [5, 5.41) is 10.6. The number of amides is 1. The summed E-state index contributed by atoms with van der Waals surface area (Å²) in [5.74, 6) is 1.06. The van der Waals surface area contributed by atoms with Crippen LogP contribution in [-0.4, -0.2) is 39.4 Å². The summed E-state index contributed by atoms with van der Waals surface area (Å²) in [4.78, 5) is 29.4. The highest BCUT2D eigenvalue weighted by Crippen LogP contribution is 2.24. The zero-order valence-electron chi connectivity index (χ0n) is 17.1. The number of benzene rings is 2. The predicted molar refractivity (Wildman–Crippen MR) is 115 cm³/mol. The van der Waals surface area contributed by atoms with E-state index in [0.29, 0.717) is 40.3 Å². The fraction of sp³-hybridized carbons (Fsp3) is 0.273. The highest BCUT2D eigenvalue weighted by Gasteiger charge is 2.16. The second-order valence-corrected chi connectivity index (χ2v) is 7.54. The molecule has 4 aromatic rings. The van der Waals surface area contributed by atoms with Crippen LogP contribution < -0.4 is 15.6 Å². The fourth-order valence-electron chi connectivity index (χ4n) is 3.29. The first kappa shape index (κ1) is 19.6. The summed E-state index contributed by atoms with van der Waals surface area (Å²) in [6, 6.07) is 12.3. The number of rotatable bonds is 6. The number of ether oxygens (including phenoxy) is 1. The topological polar surface area (TPSA) is 101 Å². The average Bonchev–Trinajstić information content (AvgIpc) is 3.17. The molecule has 0 saturated heterocycles. The van der Waals surface area contributed by atoms with Crippen molar-refractivity contribution in [2.75, 3.05) is 13.7 Å². The maximum absolute atomic E-state index is 12.6. The van der Waals surface area contributed by atoms with Crippen LogP contribution in [0.3, 0.4) is 0 Å². The summed E-state index contributed by atoms with van der Waals surface area (Å²) >= 11 is 0. The van der Waals surface area contributed by atoms with E-state index >= 15 is 0 Å². The number of aromatic nitrogens is 4. The van der Waals surface area contributed by atoms with E-state index in [1.54, 1.807) is 29.8 Å². The SMILES string of the molecule is COc1ccc(-c2n[nH]n3c2nc(=O)c2ccc(C(=O)NCCC(C)C)cc23)cc1. The molecule has 154 valence electrons. The van der Waals surface area contributed by atoms with Gasteiger partial charge in [-0.05, 0) is 54.8 Å². The van der Waals surface area contributed by atoms with E-state index in [1.165, 1.54) is 0 Å². The number of fused-ring (bicyclic) bond motifs is 3. The van der Waals surface area contributed by atoms with Gasteiger partial charge < -0.3 is 10.1 Å².